The zero-order chi connectivity index (χ0) is 17.7. The van der Waals surface area contributed by atoms with Gasteiger partial charge < -0.3 is 14.8 Å². The van der Waals surface area contributed by atoms with Gasteiger partial charge in [-0.05, 0) is 55.8 Å². The molecule has 0 aliphatic rings. The van der Waals surface area contributed by atoms with Gasteiger partial charge in [0.05, 0.1) is 17.7 Å². The third kappa shape index (κ3) is 5.17. The lowest BCUT2D eigenvalue weighted by Gasteiger charge is -2.38. The van der Waals surface area contributed by atoms with Gasteiger partial charge in [-0.1, -0.05) is 22.4 Å². The molecule has 0 bridgehead atoms. The normalized spacial score (nSPS) is 11.4. The lowest BCUT2D eigenvalue weighted by molar-refractivity contribution is -0.0982. The Bertz CT molecular complexity index is 660. The number of hydrogen-bond donors (Lipinski definition) is 2. The second kappa shape index (κ2) is 7.37. The highest BCUT2D eigenvalue weighted by Gasteiger charge is 2.39. The second-order valence-electron chi connectivity index (χ2n) is 6.05. The summed E-state index contributed by atoms with van der Waals surface area (Å²) in [5, 5.41) is 27.3. The summed E-state index contributed by atoms with van der Waals surface area (Å²) in [6.45, 7) is 6.48. The van der Waals surface area contributed by atoms with Crippen molar-refractivity contribution < 1.29 is 14.8 Å². The fraction of sp³-hybridized carbons (Fsp3) is 0.538. The lowest BCUT2D eigenvalue weighted by Crippen LogP contribution is -2.53. The molecule has 0 heterocycles. The van der Waals surface area contributed by atoms with Gasteiger partial charge in [0.25, 0.3) is 0 Å². The van der Waals surface area contributed by atoms with Crippen LogP contribution in [-0.2, 0) is 11.2 Å². The van der Waals surface area contributed by atoms with Crippen molar-refractivity contribution in [3.8, 4) is 0 Å². The largest absolute Gasteiger partial charge is 0.491 e. The number of hydrogen-bond acceptors (Lipinski definition) is 5. The topological polar surface area (TPSA) is 147 Å². The molecule has 23 heavy (non-hydrogen) atoms. The molecular formula is C13H19BN6O3. The molecule has 0 saturated heterocycles. The highest BCUT2D eigenvalue weighted by molar-refractivity contribution is 6.60. The van der Waals surface area contributed by atoms with Gasteiger partial charge in [-0.3, -0.25) is 0 Å². The third-order valence-corrected chi connectivity index (χ3v) is 3.64. The minimum atomic E-state index is -1.35. The van der Waals surface area contributed by atoms with Gasteiger partial charge in [-0.25, -0.2) is 0 Å². The van der Waals surface area contributed by atoms with Crippen LogP contribution in [0.4, 0.5) is 5.69 Å². The first kappa shape index (κ1) is 18.8. The zero-order valence-electron chi connectivity index (χ0n) is 13.5. The third-order valence-electron chi connectivity index (χ3n) is 3.64. The SMILES string of the molecule is CC(C)(O)C(C)(C)OB(O)c1cc(CN=[N+]=[N-])cc(N=[N+]=[N-])c1. The minimum absolute atomic E-state index is 0.0416. The maximum atomic E-state index is 10.3. The Balaban J connectivity index is 3.16. The van der Waals surface area contributed by atoms with Crippen molar-refractivity contribution in [3.05, 3.63) is 44.6 Å². The van der Waals surface area contributed by atoms with E-state index in [2.05, 4.69) is 20.1 Å². The summed E-state index contributed by atoms with van der Waals surface area (Å²) in [7, 11) is -1.35. The van der Waals surface area contributed by atoms with E-state index in [-0.39, 0.29) is 12.2 Å². The summed E-state index contributed by atoms with van der Waals surface area (Å²) >= 11 is 0. The summed E-state index contributed by atoms with van der Waals surface area (Å²) < 4.78 is 5.55. The van der Waals surface area contributed by atoms with E-state index < -0.39 is 18.3 Å². The van der Waals surface area contributed by atoms with Crippen LogP contribution in [0, 0.1) is 0 Å². The fourth-order valence-electron chi connectivity index (χ4n) is 1.65. The lowest BCUT2D eigenvalue weighted by atomic mass is 9.76. The van der Waals surface area contributed by atoms with Crippen molar-refractivity contribution in [1.29, 1.82) is 0 Å². The molecule has 0 aliphatic carbocycles. The van der Waals surface area contributed by atoms with Gasteiger partial charge in [0.2, 0.25) is 0 Å². The van der Waals surface area contributed by atoms with E-state index in [4.69, 9.17) is 15.7 Å². The van der Waals surface area contributed by atoms with Gasteiger partial charge in [0.1, 0.15) is 0 Å². The van der Waals surface area contributed by atoms with Crippen molar-refractivity contribution >= 4 is 18.3 Å². The summed E-state index contributed by atoms with van der Waals surface area (Å²) in [4.78, 5) is 5.37. The molecule has 122 valence electrons. The van der Waals surface area contributed by atoms with Crippen LogP contribution in [0.25, 0.3) is 20.9 Å². The maximum Gasteiger partial charge on any atom is 0.491 e. The van der Waals surface area contributed by atoms with Crippen molar-refractivity contribution in [2.45, 2.75) is 45.4 Å². The minimum Gasteiger partial charge on any atom is -0.423 e. The molecule has 0 radical (unpaired) electrons. The van der Waals surface area contributed by atoms with Crippen molar-refractivity contribution in [2.75, 3.05) is 0 Å². The van der Waals surface area contributed by atoms with E-state index in [1.807, 2.05) is 0 Å². The molecular weight excluding hydrogens is 299 g/mol. The number of nitrogens with zero attached hydrogens (tertiary/aromatic N) is 6. The highest BCUT2D eigenvalue weighted by Crippen LogP contribution is 2.25. The Hall–Kier alpha value is -2.22. The monoisotopic (exact) mass is 318 g/mol. The molecule has 9 nitrogen and oxygen atoms in total. The average molecular weight is 318 g/mol. The van der Waals surface area contributed by atoms with Gasteiger partial charge in [-0.2, -0.15) is 0 Å². The van der Waals surface area contributed by atoms with E-state index in [0.717, 1.165) is 0 Å². The summed E-state index contributed by atoms with van der Waals surface area (Å²) in [5.41, 5.74) is 15.9. The van der Waals surface area contributed by atoms with Crippen LogP contribution in [0.1, 0.15) is 33.3 Å². The van der Waals surface area contributed by atoms with Crippen molar-refractivity contribution in [3.63, 3.8) is 0 Å². The molecule has 0 aliphatic heterocycles. The quantitative estimate of drug-likeness (QED) is 0.344. The van der Waals surface area contributed by atoms with Crippen LogP contribution in [0.3, 0.4) is 0 Å². The Morgan fingerprint density at radius 3 is 2.35 bits per heavy atom. The zero-order valence-corrected chi connectivity index (χ0v) is 13.5. The van der Waals surface area contributed by atoms with E-state index >= 15 is 0 Å². The van der Waals surface area contributed by atoms with Crippen LogP contribution >= 0.6 is 0 Å². The molecule has 10 heteroatoms. The Morgan fingerprint density at radius 2 is 1.83 bits per heavy atom. The van der Waals surface area contributed by atoms with E-state index in [1.165, 1.54) is 6.07 Å². The molecule has 1 aromatic rings. The number of aliphatic hydroxyl groups is 1. The van der Waals surface area contributed by atoms with Gasteiger partial charge in [-0.15, -0.1) is 0 Å². The van der Waals surface area contributed by atoms with E-state index in [9.17, 15) is 10.1 Å². The summed E-state index contributed by atoms with van der Waals surface area (Å²) in [5.74, 6) is 0. The molecule has 2 N–H and O–H groups in total. The van der Waals surface area contributed by atoms with Gasteiger partial charge in [0, 0.05) is 15.5 Å². The first-order valence-electron chi connectivity index (χ1n) is 6.89. The molecule has 0 unspecified atom stereocenters. The van der Waals surface area contributed by atoms with Gasteiger partial charge in [0.15, 0.2) is 0 Å². The molecule has 0 saturated carbocycles. The fourth-order valence-corrected chi connectivity index (χ4v) is 1.65. The van der Waals surface area contributed by atoms with Crippen LogP contribution in [0.5, 0.6) is 0 Å². The number of azide groups is 2. The molecule has 1 aromatic carbocycles. The van der Waals surface area contributed by atoms with Crippen molar-refractivity contribution in [2.24, 2.45) is 10.2 Å². The van der Waals surface area contributed by atoms with E-state index in [0.29, 0.717) is 11.0 Å². The number of benzene rings is 1. The molecule has 0 atom stereocenters. The Labute approximate surface area is 134 Å². The predicted octanol–water partition coefficient (Wildman–Crippen LogP) is 2.69. The molecule has 0 amide bonds. The first-order valence-corrected chi connectivity index (χ1v) is 6.89. The summed E-state index contributed by atoms with van der Waals surface area (Å²) in [6.07, 6.45) is 0. The van der Waals surface area contributed by atoms with E-state index in [1.54, 1.807) is 39.8 Å². The van der Waals surface area contributed by atoms with Crippen molar-refractivity contribution in [1.82, 2.24) is 0 Å². The van der Waals surface area contributed by atoms with Crippen LogP contribution in [-0.4, -0.2) is 28.5 Å². The van der Waals surface area contributed by atoms with Gasteiger partial charge >= 0.3 is 7.12 Å². The molecule has 1 rings (SSSR count). The van der Waals surface area contributed by atoms with Crippen LogP contribution in [0.2, 0.25) is 0 Å². The molecule has 0 fully saturated rings. The standard InChI is InChI=1S/C13H19BN6O3/c1-12(2,21)13(3,4)23-14(22)10-5-9(8-17-19-15)6-11(7-10)18-20-16/h5-7,21-22H,8H2,1-4H3. The molecule has 0 aromatic heterocycles. The Kier molecular flexibility index (Phi) is 6.03. The first-order chi connectivity index (χ1) is 10.6. The molecule has 0 spiro atoms. The second-order valence-corrected chi connectivity index (χ2v) is 6.05. The maximum absolute atomic E-state index is 10.3. The van der Waals surface area contributed by atoms with Crippen LogP contribution in [0.15, 0.2) is 28.4 Å². The highest BCUT2D eigenvalue weighted by atomic mass is 16.5. The predicted molar refractivity (Wildman–Crippen MR) is 87.2 cm³/mol. The van der Waals surface area contributed by atoms with Crippen LogP contribution < -0.4 is 5.46 Å². The number of rotatable bonds is 7. The Morgan fingerprint density at radius 1 is 1.17 bits per heavy atom. The average Bonchev–Trinajstić information content (AvgIpc) is 2.43. The summed E-state index contributed by atoms with van der Waals surface area (Å²) in [6, 6.07) is 4.59. The smallest absolute Gasteiger partial charge is 0.423 e.